The van der Waals surface area contributed by atoms with Crippen LogP contribution in [0.25, 0.3) is 6.08 Å². The molecular weight excluding hydrogens is 551 g/mol. The van der Waals surface area contributed by atoms with Crippen LogP contribution in [0.4, 0.5) is 24.5 Å². The van der Waals surface area contributed by atoms with E-state index in [4.69, 9.17) is 0 Å². The molecule has 0 fully saturated rings. The summed E-state index contributed by atoms with van der Waals surface area (Å²) in [5.74, 6) is -1.69. The lowest BCUT2D eigenvalue weighted by Crippen LogP contribution is -2.30. The van der Waals surface area contributed by atoms with Gasteiger partial charge in [-0.3, -0.25) is 14.4 Å². The van der Waals surface area contributed by atoms with Crippen molar-refractivity contribution in [3.8, 4) is 0 Å². The fourth-order valence-electron chi connectivity index (χ4n) is 3.67. The zero-order chi connectivity index (χ0) is 29.2. The van der Waals surface area contributed by atoms with Gasteiger partial charge < -0.3 is 16.0 Å². The number of benzene rings is 4. The van der Waals surface area contributed by atoms with E-state index in [1.165, 1.54) is 18.2 Å². The number of halogens is 3. The van der Waals surface area contributed by atoms with Crippen LogP contribution in [0.2, 0.25) is 0 Å². The average Bonchev–Trinajstić information content (AvgIpc) is 2.97. The Morgan fingerprint density at radius 1 is 0.732 bits per heavy atom. The maximum absolute atomic E-state index is 13.2. The first kappa shape index (κ1) is 29.2. The van der Waals surface area contributed by atoms with Crippen LogP contribution in [0.15, 0.2) is 120 Å². The number of rotatable bonds is 9. The molecule has 10 heteroatoms. The zero-order valence-corrected chi connectivity index (χ0v) is 22.3. The van der Waals surface area contributed by atoms with Crippen molar-refractivity contribution in [2.75, 3.05) is 16.4 Å². The highest BCUT2D eigenvalue weighted by Crippen LogP contribution is 2.34. The second-order valence-corrected chi connectivity index (χ2v) is 9.70. The minimum Gasteiger partial charge on any atom is -0.325 e. The molecule has 0 radical (unpaired) electrons. The number of carbonyl (C=O) groups is 3. The lowest BCUT2D eigenvalue weighted by atomic mass is 10.1. The Balaban J connectivity index is 1.38. The fraction of sp³-hybridized carbons (Fsp3) is 0.0645. The summed E-state index contributed by atoms with van der Waals surface area (Å²) in [4.78, 5) is 38.8. The summed E-state index contributed by atoms with van der Waals surface area (Å²) in [7, 11) is 0. The highest BCUT2D eigenvalue weighted by molar-refractivity contribution is 8.00. The van der Waals surface area contributed by atoms with Gasteiger partial charge in [-0.2, -0.15) is 13.2 Å². The molecule has 0 bridgehead atoms. The maximum atomic E-state index is 13.2. The van der Waals surface area contributed by atoms with Crippen molar-refractivity contribution in [2.45, 2.75) is 11.1 Å². The van der Waals surface area contributed by atoms with Crippen LogP contribution in [-0.2, 0) is 15.8 Å². The van der Waals surface area contributed by atoms with Crippen LogP contribution in [0.5, 0.6) is 0 Å². The number of amides is 3. The van der Waals surface area contributed by atoms with Crippen molar-refractivity contribution >= 4 is 46.9 Å². The van der Waals surface area contributed by atoms with Gasteiger partial charge in [-0.25, -0.2) is 0 Å². The largest absolute Gasteiger partial charge is 0.418 e. The van der Waals surface area contributed by atoms with E-state index in [0.29, 0.717) is 21.7 Å². The topological polar surface area (TPSA) is 87.3 Å². The van der Waals surface area contributed by atoms with Gasteiger partial charge in [-0.1, -0.05) is 60.7 Å². The molecule has 4 rings (SSSR count). The lowest BCUT2D eigenvalue weighted by molar-refractivity contribution is -0.137. The van der Waals surface area contributed by atoms with Gasteiger partial charge in [0.15, 0.2) is 0 Å². The third kappa shape index (κ3) is 8.58. The van der Waals surface area contributed by atoms with E-state index in [-0.39, 0.29) is 17.1 Å². The Hall–Kier alpha value is -4.83. The molecule has 0 spiro atoms. The van der Waals surface area contributed by atoms with E-state index >= 15 is 0 Å². The molecule has 0 aliphatic rings. The highest BCUT2D eigenvalue weighted by Gasteiger charge is 2.33. The number of alkyl halides is 3. The molecule has 0 aliphatic heterocycles. The second-order valence-electron chi connectivity index (χ2n) is 8.65. The molecule has 4 aromatic carbocycles. The van der Waals surface area contributed by atoms with Gasteiger partial charge >= 0.3 is 6.18 Å². The molecule has 0 atom stereocenters. The molecule has 0 aromatic heterocycles. The molecule has 3 amide bonds. The van der Waals surface area contributed by atoms with E-state index < -0.39 is 29.5 Å². The van der Waals surface area contributed by atoms with Crippen LogP contribution < -0.4 is 16.0 Å². The second kappa shape index (κ2) is 13.5. The van der Waals surface area contributed by atoms with Crippen LogP contribution in [0.3, 0.4) is 0 Å². The van der Waals surface area contributed by atoms with Crippen molar-refractivity contribution in [3.63, 3.8) is 0 Å². The molecule has 0 aliphatic carbocycles. The van der Waals surface area contributed by atoms with Crippen molar-refractivity contribution in [3.05, 3.63) is 132 Å². The van der Waals surface area contributed by atoms with E-state index in [9.17, 15) is 27.6 Å². The average molecular weight is 576 g/mol. The third-order valence-corrected chi connectivity index (χ3v) is 6.64. The Morgan fingerprint density at radius 2 is 1.34 bits per heavy atom. The number of hydrogen-bond acceptors (Lipinski definition) is 4. The summed E-state index contributed by atoms with van der Waals surface area (Å²) in [6.45, 7) is 0. The first-order valence-electron chi connectivity index (χ1n) is 12.3. The zero-order valence-electron chi connectivity index (χ0n) is 21.4. The number of anilines is 2. The Kier molecular flexibility index (Phi) is 9.60. The monoisotopic (exact) mass is 575 g/mol. The summed E-state index contributed by atoms with van der Waals surface area (Å²) in [6.07, 6.45) is -3.02. The molecular formula is C31H24F3N3O3S. The van der Waals surface area contributed by atoms with Crippen LogP contribution in [-0.4, -0.2) is 23.5 Å². The Morgan fingerprint density at radius 3 is 2.00 bits per heavy atom. The molecule has 6 nitrogen and oxygen atoms in total. The Labute approximate surface area is 238 Å². The standard InChI is InChI=1S/C31H24F3N3O3S/c32-31(33,34)25-13-7-8-14-26(25)36-28(38)20-41-24-17-15-23(16-18-24)35-30(40)27(19-21-9-3-1-4-10-21)37-29(39)22-11-5-2-6-12-22/h1-19H,20H2,(H,35,40)(H,36,38)(H,37,39)/b27-19-. The van der Waals surface area contributed by atoms with Gasteiger partial charge in [0.25, 0.3) is 11.8 Å². The number of para-hydroxylation sites is 1. The third-order valence-electron chi connectivity index (χ3n) is 5.63. The first-order chi connectivity index (χ1) is 19.7. The predicted molar refractivity (Wildman–Crippen MR) is 154 cm³/mol. The Bertz CT molecular complexity index is 1540. The summed E-state index contributed by atoms with van der Waals surface area (Å²) in [5.41, 5.74) is 0.372. The van der Waals surface area contributed by atoms with Crippen molar-refractivity contribution < 1.29 is 27.6 Å². The number of nitrogens with one attached hydrogen (secondary N) is 3. The molecule has 0 unspecified atom stereocenters. The molecule has 4 aromatic rings. The molecule has 0 heterocycles. The lowest BCUT2D eigenvalue weighted by Gasteiger charge is -2.13. The van der Waals surface area contributed by atoms with E-state index in [0.717, 1.165) is 17.8 Å². The first-order valence-corrected chi connectivity index (χ1v) is 13.3. The molecule has 208 valence electrons. The molecule has 0 saturated carbocycles. The van der Waals surface area contributed by atoms with Gasteiger partial charge in [0, 0.05) is 16.1 Å². The van der Waals surface area contributed by atoms with Gasteiger partial charge in [-0.15, -0.1) is 11.8 Å². The highest BCUT2D eigenvalue weighted by atomic mass is 32.2. The van der Waals surface area contributed by atoms with E-state index in [1.807, 2.05) is 18.2 Å². The summed E-state index contributed by atoms with van der Waals surface area (Å²) in [5, 5.41) is 7.72. The van der Waals surface area contributed by atoms with Crippen LogP contribution >= 0.6 is 11.8 Å². The molecule has 41 heavy (non-hydrogen) atoms. The minimum absolute atomic E-state index is 0.0410. The van der Waals surface area contributed by atoms with Crippen LogP contribution in [0, 0.1) is 0 Å². The predicted octanol–water partition coefficient (Wildman–Crippen LogP) is 6.85. The fourth-order valence-corrected chi connectivity index (χ4v) is 4.36. The smallest absolute Gasteiger partial charge is 0.325 e. The van der Waals surface area contributed by atoms with Gasteiger partial charge in [0.1, 0.15) is 5.70 Å². The quantitative estimate of drug-likeness (QED) is 0.151. The van der Waals surface area contributed by atoms with E-state index in [1.54, 1.807) is 72.8 Å². The van der Waals surface area contributed by atoms with Crippen LogP contribution in [0.1, 0.15) is 21.5 Å². The number of carbonyl (C=O) groups excluding carboxylic acids is 3. The van der Waals surface area contributed by atoms with E-state index in [2.05, 4.69) is 16.0 Å². The van der Waals surface area contributed by atoms with Gasteiger partial charge in [-0.05, 0) is 60.2 Å². The van der Waals surface area contributed by atoms with Crippen molar-refractivity contribution in [1.29, 1.82) is 0 Å². The van der Waals surface area contributed by atoms with Crippen molar-refractivity contribution in [2.24, 2.45) is 0 Å². The molecule has 0 saturated heterocycles. The number of thioether (sulfide) groups is 1. The SMILES string of the molecule is O=C(CSc1ccc(NC(=O)/C(=C/c2ccccc2)NC(=O)c2ccccc2)cc1)Nc1ccccc1C(F)(F)F. The normalized spacial score (nSPS) is 11.4. The summed E-state index contributed by atoms with van der Waals surface area (Å²) >= 11 is 1.13. The van der Waals surface area contributed by atoms with Gasteiger partial charge in [0.2, 0.25) is 5.91 Å². The minimum atomic E-state index is -4.59. The summed E-state index contributed by atoms with van der Waals surface area (Å²) < 4.78 is 39.5. The summed E-state index contributed by atoms with van der Waals surface area (Å²) in [6, 6.07) is 28.9. The number of hydrogen-bond donors (Lipinski definition) is 3. The van der Waals surface area contributed by atoms with Crippen molar-refractivity contribution in [1.82, 2.24) is 5.32 Å². The van der Waals surface area contributed by atoms with Gasteiger partial charge in [0.05, 0.1) is 17.0 Å². The maximum Gasteiger partial charge on any atom is 0.418 e. The molecule has 3 N–H and O–H groups in total.